The zero-order valence-electron chi connectivity index (χ0n) is 14.0. The third-order valence-electron chi connectivity index (χ3n) is 5.75. The molecule has 7 nitrogen and oxygen atoms in total. The second-order valence-corrected chi connectivity index (χ2v) is 7.20. The van der Waals surface area contributed by atoms with Gasteiger partial charge in [0, 0.05) is 45.0 Å². The van der Waals surface area contributed by atoms with Crippen molar-refractivity contribution < 1.29 is 9.53 Å². The molecule has 3 aliphatic rings. The van der Waals surface area contributed by atoms with Gasteiger partial charge in [0.25, 0.3) is 0 Å². The van der Waals surface area contributed by atoms with E-state index in [1.54, 1.807) is 6.07 Å². The van der Waals surface area contributed by atoms with Crippen LogP contribution in [0.4, 0.5) is 11.6 Å². The van der Waals surface area contributed by atoms with E-state index in [1.807, 2.05) is 0 Å². The van der Waals surface area contributed by atoms with Gasteiger partial charge in [0.15, 0.2) is 0 Å². The molecule has 1 aromatic rings. The summed E-state index contributed by atoms with van der Waals surface area (Å²) in [5.41, 5.74) is 5.52. The average Bonchev–Trinajstić information content (AvgIpc) is 3.03. The monoisotopic (exact) mass is 331 g/mol. The molecule has 0 radical (unpaired) electrons. The Bertz CT molecular complexity index is 619. The highest BCUT2D eigenvalue weighted by molar-refractivity contribution is 5.85. The Morgan fingerprint density at radius 1 is 1.21 bits per heavy atom. The fraction of sp³-hybridized carbons (Fsp3) is 0.706. The fourth-order valence-electron chi connectivity index (χ4n) is 4.43. The number of aromatic nitrogens is 2. The van der Waals surface area contributed by atoms with Gasteiger partial charge < -0.3 is 20.3 Å². The van der Waals surface area contributed by atoms with E-state index in [9.17, 15) is 4.79 Å². The molecule has 24 heavy (non-hydrogen) atoms. The highest BCUT2D eigenvalue weighted by Gasteiger charge is 2.49. The lowest BCUT2D eigenvalue weighted by Crippen LogP contribution is -2.54. The van der Waals surface area contributed by atoms with E-state index in [-0.39, 0.29) is 5.41 Å². The van der Waals surface area contributed by atoms with E-state index >= 15 is 0 Å². The van der Waals surface area contributed by atoms with Crippen LogP contribution in [0.25, 0.3) is 0 Å². The normalized spacial score (nSPS) is 28.8. The van der Waals surface area contributed by atoms with Gasteiger partial charge in [0.1, 0.15) is 18.0 Å². The van der Waals surface area contributed by atoms with Crippen LogP contribution in [-0.2, 0) is 9.53 Å². The number of nitrogens with two attached hydrogens (primary N) is 1. The van der Waals surface area contributed by atoms with Gasteiger partial charge in [0.05, 0.1) is 5.41 Å². The van der Waals surface area contributed by atoms with Crippen molar-refractivity contribution in [3.05, 3.63) is 12.4 Å². The Balaban J connectivity index is 1.51. The first-order chi connectivity index (χ1) is 11.7. The van der Waals surface area contributed by atoms with Crippen LogP contribution in [0.1, 0.15) is 32.1 Å². The molecule has 0 unspecified atom stereocenters. The summed E-state index contributed by atoms with van der Waals surface area (Å²) in [6.45, 7) is 4.03. The molecule has 1 amide bonds. The third-order valence-corrected chi connectivity index (χ3v) is 5.75. The standard InChI is InChI=1S/C17H25N5O2/c18-14-10-15(20-12-19-14)21-7-5-17(11-21)4-1-6-22(16(17)23)13-2-8-24-9-3-13/h10,12-13H,1-9,11H2,(H2,18,19,20)/t17-/m1/s1. The molecule has 1 atom stereocenters. The quantitative estimate of drug-likeness (QED) is 0.872. The van der Waals surface area contributed by atoms with Crippen molar-refractivity contribution >= 4 is 17.5 Å². The molecule has 4 rings (SSSR count). The minimum Gasteiger partial charge on any atom is -0.384 e. The zero-order chi connectivity index (χ0) is 16.6. The summed E-state index contributed by atoms with van der Waals surface area (Å²) in [6, 6.07) is 2.15. The average molecular weight is 331 g/mol. The molecular weight excluding hydrogens is 306 g/mol. The molecule has 1 spiro atoms. The van der Waals surface area contributed by atoms with Crippen LogP contribution in [0, 0.1) is 5.41 Å². The number of nitrogen functional groups attached to an aromatic ring is 1. The Labute approximate surface area is 142 Å². The number of nitrogens with zero attached hydrogens (tertiary/aromatic N) is 4. The summed E-state index contributed by atoms with van der Waals surface area (Å²) in [5, 5.41) is 0. The van der Waals surface area contributed by atoms with Crippen LogP contribution in [0.2, 0.25) is 0 Å². The number of rotatable bonds is 2. The lowest BCUT2D eigenvalue weighted by Gasteiger charge is -2.44. The van der Waals surface area contributed by atoms with Gasteiger partial charge in [-0.25, -0.2) is 9.97 Å². The summed E-state index contributed by atoms with van der Waals surface area (Å²) < 4.78 is 5.46. The lowest BCUT2D eigenvalue weighted by molar-refractivity contribution is -0.149. The summed E-state index contributed by atoms with van der Waals surface area (Å²) >= 11 is 0. The first-order valence-corrected chi connectivity index (χ1v) is 8.89. The van der Waals surface area contributed by atoms with E-state index < -0.39 is 0 Å². The Hall–Kier alpha value is -1.89. The van der Waals surface area contributed by atoms with E-state index in [2.05, 4.69) is 19.8 Å². The predicted octanol–water partition coefficient (Wildman–Crippen LogP) is 1.06. The number of anilines is 2. The molecule has 4 heterocycles. The number of hydrogen-bond donors (Lipinski definition) is 1. The topological polar surface area (TPSA) is 84.6 Å². The molecular formula is C17H25N5O2. The van der Waals surface area contributed by atoms with Crippen molar-refractivity contribution in [2.45, 2.75) is 38.1 Å². The Kier molecular flexibility index (Phi) is 4.04. The maximum Gasteiger partial charge on any atom is 0.230 e. The fourth-order valence-corrected chi connectivity index (χ4v) is 4.43. The van der Waals surface area contributed by atoms with Crippen LogP contribution < -0.4 is 10.6 Å². The van der Waals surface area contributed by atoms with Gasteiger partial charge in [-0.05, 0) is 32.1 Å². The molecule has 2 N–H and O–H groups in total. The molecule has 3 saturated heterocycles. The Morgan fingerprint density at radius 2 is 2.04 bits per heavy atom. The lowest BCUT2D eigenvalue weighted by atomic mass is 9.77. The van der Waals surface area contributed by atoms with Crippen molar-refractivity contribution in [1.82, 2.24) is 14.9 Å². The number of carbonyl (C=O) groups excluding carboxylic acids is 1. The number of hydrogen-bond acceptors (Lipinski definition) is 6. The summed E-state index contributed by atoms with van der Waals surface area (Å²) in [6.07, 6.45) is 6.38. The number of piperidine rings is 1. The van der Waals surface area contributed by atoms with Crippen molar-refractivity contribution in [1.29, 1.82) is 0 Å². The largest absolute Gasteiger partial charge is 0.384 e. The molecule has 130 valence electrons. The number of ether oxygens (including phenoxy) is 1. The first kappa shape index (κ1) is 15.6. The minimum absolute atomic E-state index is 0.254. The minimum atomic E-state index is -0.254. The van der Waals surface area contributed by atoms with Gasteiger partial charge >= 0.3 is 0 Å². The number of carbonyl (C=O) groups is 1. The summed E-state index contributed by atoms with van der Waals surface area (Å²) in [5.74, 6) is 1.64. The highest BCUT2D eigenvalue weighted by atomic mass is 16.5. The zero-order valence-corrected chi connectivity index (χ0v) is 14.0. The van der Waals surface area contributed by atoms with Gasteiger partial charge in [-0.1, -0.05) is 0 Å². The van der Waals surface area contributed by atoms with Crippen molar-refractivity contribution in [3.63, 3.8) is 0 Å². The third kappa shape index (κ3) is 2.70. The molecule has 0 saturated carbocycles. The summed E-state index contributed by atoms with van der Waals surface area (Å²) in [7, 11) is 0. The first-order valence-electron chi connectivity index (χ1n) is 8.89. The molecule has 3 fully saturated rings. The smallest absolute Gasteiger partial charge is 0.230 e. The van der Waals surface area contributed by atoms with Crippen LogP contribution in [0.15, 0.2) is 12.4 Å². The maximum atomic E-state index is 13.3. The maximum absolute atomic E-state index is 13.3. The predicted molar refractivity (Wildman–Crippen MR) is 90.5 cm³/mol. The molecule has 1 aromatic heterocycles. The van der Waals surface area contributed by atoms with Gasteiger partial charge in [-0.15, -0.1) is 0 Å². The second kappa shape index (κ2) is 6.20. The van der Waals surface area contributed by atoms with E-state index in [0.29, 0.717) is 17.8 Å². The van der Waals surface area contributed by atoms with Crippen LogP contribution >= 0.6 is 0 Å². The van der Waals surface area contributed by atoms with Crippen LogP contribution in [0.5, 0.6) is 0 Å². The summed E-state index contributed by atoms with van der Waals surface area (Å²) in [4.78, 5) is 25.9. The number of amides is 1. The van der Waals surface area contributed by atoms with Crippen LogP contribution in [-0.4, -0.2) is 59.7 Å². The van der Waals surface area contributed by atoms with E-state index in [1.165, 1.54) is 6.33 Å². The van der Waals surface area contributed by atoms with Crippen molar-refractivity contribution in [2.24, 2.45) is 5.41 Å². The molecule has 3 aliphatic heterocycles. The Morgan fingerprint density at radius 3 is 2.83 bits per heavy atom. The SMILES string of the molecule is Nc1cc(N2CC[C@]3(CCCN(C4CCOCC4)C3=O)C2)ncn1. The van der Waals surface area contributed by atoms with Crippen molar-refractivity contribution in [3.8, 4) is 0 Å². The van der Waals surface area contributed by atoms with Gasteiger partial charge in [-0.2, -0.15) is 0 Å². The van der Waals surface area contributed by atoms with Crippen LogP contribution in [0.3, 0.4) is 0 Å². The molecule has 7 heteroatoms. The highest BCUT2D eigenvalue weighted by Crippen LogP contribution is 2.42. The second-order valence-electron chi connectivity index (χ2n) is 7.20. The molecule has 0 bridgehead atoms. The van der Waals surface area contributed by atoms with Gasteiger partial charge in [-0.3, -0.25) is 4.79 Å². The van der Waals surface area contributed by atoms with Gasteiger partial charge in [0.2, 0.25) is 5.91 Å². The van der Waals surface area contributed by atoms with Crippen molar-refractivity contribution in [2.75, 3.05) is 43.5 Å². The molecule has 0 aliphatic carbocycles. The number of likely N-dealkylation sites (tertiary alicyclic amines) is 1. The van der Waals surface area contributed by atoms with E-state index in [0.717, 1.165) is 70.8 Å². The molecule has 0 aromatic carbocycles. The van der Waals surface area contributed by atoms with E-state index in [4.69, 9.17) is 10.5 Å².